The van der Waals surface area contributed by atoms with Crippen molar-refractivity contribution in [2.75, 3.05) is 7.11 Å². The van der Waals surface area contributed by atoms with Gasteiger partial charge in [-0.3, -0.25) is 9.59 Å². The standard InChI is InChI=1S/C11H6F2O3/c1-16-9-4-8(14)10-6(11(9)15)2-5(12)3-7(10)13/h2-4H,1H3. The second-order valence-electron chi connectivity index (χ2n) is 3.22. The summed E-state index contributed by atoms with van der Waals surface area (Å²) in [6.45, 7) is 0. The zero-order chi connectivity index (χ0) is 11.9. The fourth-order valence-electron chi connectivity index (χ4n) is 1.54. The molecule has 0 aliphatic heterocycles. The van der Waals surface area contributed by atoms with Gasteiger partial charge in [0.15, 0.2) is 11.5 Å². The molecule has 0 atom stereocenters. The average Bonchev–Trinajstić information content (AvgIpc) is 2.22. The van der Waals surface area contributed by atoms with Gasteiger partial charge in [0.25, 0.3) is 0 Å². The zero-order valence-electron chi connectivity index (χ0n) is 8.21. The van der Waals surface area contributed by atoms with Crippen molar-refractivity contribution >= 4 is 11.6 Å². The van der Waals surface area contributed by atoms with Crippen molar-refractivity contribution < 1.29 is 23.1 Å². The molecular formula is C11H6F2O3. The van der Waals surface area contributed by atoms with Crippen LogP contribution < -0.4 is 0 Å². The van der Waals surface area contributed by atoms with E-state index in [0.717, 1.165) is 12.1 Å². The molecule has 1 aliphatic rings. The number of carbonyl (C=O) groups excluding carboxylic acids is 2. The SMILES string of the molecule is COC1=CC(=O)c2c(F)cc(F)cc2C1=O. The largest absolute Gasteiger partial charge is 0.492 e. The number of hydrogen-bond donors (Lipinski definition) is 0. The molecule has 0 saturated heterocycles. The Morgan fingerprint density at radius 1 is 1.19 bits per heavy atom. The number of fused-ring (bicyclic) bond motifs is 1. The summed E-state index contributed by atoms with van der Waals surface area (Å²) in [5, 5.41) is 0. The van der Waals surface area contributed by atoms with Crippen molar-refractivity contribution in [1.29, 1.82) is 0 Å². The number of methoxy groups -OCH3 is 1. The first-order valence-electron chi connectivity index (χ1n) is 4.38. The monoisotopic (exact) mass is 224 g/mol. The summed E-state index contributed by atoms with van der Waals surface area (Å²) in [5.74, 6) is -3.57. The van der Waals surface area contributed by atoms with Crippen LogP contribution in [0.1, 0.15) is 20.7 Å². The predicted molar refractivity (Wildman–Crippen MR) is 50.1 cm³/mol. The van der Waals surface area contributed by atoms with E-state index in [1.807, 2.05) is 0 Å². The number of Topliss-reactive ketones (excluding diaryl/α,β-unsaturated/α-hetero) is 1. The number of rotatable bonds is 1. The quantitative estimate of drug-likeness (QED) is 0.731. The zero-order valence-corrected chi connectivity index (χ0v) is 8.21. The Balaban J connectivity index is 2.71. The van der Waals surface area contributed by atoms with E-state index in [0.29, 0.717) is 6.07 Å². The Kier molecular flexibility index (Phi) is 2.30. The first kappa shape index (κ1) is 10.5. The molecule has 3 nitrogen and oxygen atoms in total. The number of benzene rings is 1. The van der Waals surface area contributed by atoms with E-state index in [1.165, 1.54) is 7.11 Å². The first-order valence-corrected chi connectivity index (χ1v) is 4.38. The highest BCUT2D eigenvalue weighted by atomic mass is 19.1. The Hall–Kier alpha value is -2.04. The number of hydrogen-bond acceptors (Lipinski definition) is 3. The molecule has 0 bridgehead atoms. The molecule has 1 aromatic carbocycles. The minimum absolute atomic E-state index is 0.220. The Labute approximate surface area is 89.3 Å². The van der Waals surface area contributed by atoms with Crippen LogP contribution in [-0.4, -0.2) is 18.7 Å². The third-order valence-corrected chi connectivity index (χ3v) is 2.25. The second-order valence-corrected chi connectivity index (χ2v) is 3.22. The fraction of sp³-hybridized carbons (Fsp3) is 0.0909. The minimum Gasteiger partial charge on any atom is -0.492 e. The van der Waals surface area contributed by atoms with E-state index in [-0.39, 0.29) is 11.3 Å². The van der Waals surface area contributed by atoms with Gasteiger partial charge in [0, 0.05) is 17.7 Å². The van der Waals surface area contributed by atoms with Gasteiger partial charge in [0.1, 0.15) is 11.6 Å². The molecule has 5 heteroatoms. The van der Waals surface area contributed by atoms with Gasteiger partial charge in [-0.25, -0.2) is 8.78 Å². The van der Waals surface area contributed by atoms with E-state index >= 15 is 0 Å². The van der Waals surface area contributed by atoms with Gasteiger partial charge in [-0.1, -0.05) is 0 Å². The van der Waals surface area contributed by atoms with Crippen LogP contribution in [0.2, 0.25) is 0 Å². The summed E-state index contributed by atoms with van der Waals surface area (Å²) in [6.07, 6.45) is 0.894. The van der Waals surface area contributed by atoms with Crippen LogP contribution in [0, 0.1) is 11.6 Å². The lowest BCUT2D eigenvalue weighted by atomic mass is 9.93. The number of allylic oxidation sites excluding steroid dienone is 2. The third-order valence-electron chi connectivity index (χ3n) is 2.25. The highest BCUT2D eigenvalue weighted by Gasteiger charge is 2.29. The van der Waals surface area contributed by atoms with E-state index < -0.39 is 28.8 Å². The molecule has 0 N–H and O–H groups in total. The number of carbonyl (C=O) groups is 2. The normalized spacial score (nSPS) is 14.6. The summed E-state index contributed by atoms with van der Waals surface area (Å²) in [6, 6.07) is 1.39. The van der Waals surface area contributed by atoms with Crippen LogP contribution in [0.4, 0.5) is 8.78 Å². The lowest BCUT2D eigenvalue weighted by Crippen LogP contribution is -2.19. The van der Waals surface area contributed by atoms with Crippen LogP contribution in [0.25, 0.3) is 0 Å². The molecule has 0 fully saturated rings. The average molecular weight is 224 g/mol. The molecule has 2 rings (SSSR count). The Bertz CT molecular complexity index is 532. The van der Waals surface area contributed by atoms with Crippen LogP contribution in [0.3, 0.4) is 0 Å². The predicted octanol–water partition coefficient (Wildman–Crippen LogP) is 1.87. The lowest BCUT2D eigenvalue weighted by Gasteiger charge is -2.14. The van der Waals surface area contributed by atoms with Crippen molar-refractivity contribution in [2.45, 2.75) is 0 Å². The summed E-state index contributed by atoms with van der Waals surface area (Å²) in [4.78, 5) is 23.1. The molecule has 0 aromatic heterocycles. The maximum absolute atomic E-state index is 13.3. The maximum Gasteiger partial charge on any atom is 0.228 e. The van der Waals surface area contributed by atoms with Gasteiger partial charge in [-0.15, -0.1) is 0 Å². The van der Waals surface area contributed by atoms with Crippen LogP contribution in [-0.2, 0) is 4.74 Å². The number of halogens is 2. The van der Waals surface area contributed by atoms with Crippen molar-refractivity contribution in [3.05, 3.63) is 46.7 Å². The maximum atomic E-state index is 13.3. The van der Waals surface area contributed by atoms with E-state index in [2.05, 4.69) is 4.74 Å². The summed E-state index contributed by atoms with van der Waals surface area (Å²) in [5.41, 5.74) is -0.714. The van der Waals surface area contributed by atoms with Crippen molar-refractivity contribution in [1.82, 2.24) is 0 Å². The molecule has 0 radical (unpaired) electrons. The molecule has 0 spiro atoms. The second kappa shape index (κ2) is 3.52. The van der Waals surface area contributed by atoms with Crippen molar-refractivity contribution in [3.8, 4) is 0 Å². The van der Waals surface area contributed by atoms with E-state index in [4.69, 9.17) is 0 Å². The molecule has 1 aromatic rings. The summed E-state index contributed by atoms with van der Waals surface area (Å²) >= 11 is 0. The lowest BCUT2D eigenvalue weighted by molar-refractivity contribution is 0.0914. The van der Waals surface area contributed by atoms with Crippen LogP contribution in [0.15, 0.2) is 24.0 Å². The number of ketones is 2. The van der Waals surface area contributed by atoms with Crippen molar-refractivity contribution in [3.63, 3.8) is 0 Å². The summed E-state index contributed by atoms with van der Waals surface area (Å²) < 4.78 is 30.9. The Morgan fingerprint density at radius 2 is 1.88 bits per heavy atom. The molecule has 0 saturated carbocycles. The number of ether oxygens (including phenoxy) is 1. The highest BCUT2D eigenvalue weighted by Crippen LogP contribution is 2.25. The van der Waals surface area contributed by atoms with Gasteiger partial charge in [0.05, 0.1) is 12.7 Å². The smallest absolute Gasteiger partial charge is 0.228 e. The van der Waals surface area contributed by atoms with Gasteiger partial charge >= 0.3 is 0 Å². The van der Waals surface area contributed by atoms with Gasteiger partial charge in [-0.2, -0.15) is 0 Å². The van der Waals surface area contributed by atoms with E-state index in [9.17, 15) is 18.4 Å². The molecule has 1 aliphatic carbocycles. The molecular weight excluding hydrogens is 218 g/mol. The van der Waals surface area contributed by atoms with Crippen LogP contribution in [0.5, 0.6) is 0 Å². The molecule has 16 heavy (non-hydrogen) atoms. The topological polar surface area (TPSA) is 43.4 Å². The third kappa shape index (κ3) is 1.41. The Morgan fingerprint density at radius 3 is 2.50 bits per heavy atom. The minimum atomic E-state index is -1.04. The van der Waals surface area contributed by atoms with Gasteiger partial charge < -0.3 is 4.74 Å². The molecule has 0 amide bonds. The van der Waals surface area contributed by atoms with Gasteiger partial charge in [-0.05, 0) is 6.07 Å². The first-order chi connectivity index (χ1) is 7.54. The van der Waals surface area contributed by atoms with Crippen LogP contribution >= 0.6 is 0 Å². The van der Waals surface area contributed by atoms with Crippen molar-refractivity contribution in [2.24, 2.45) is 0 Å². The fourth-order valence-corrected chi connectivity index (χ4v) is 1.54. The van der Waals surface area contributed by atoms with Gasteiger partial charge in [0.2, 0.25) is 5.78 Å². The molecule has 82 valence electrons. The summed E-state index contributed by atoms with van der Waals surface area (Å²) in [7, 11) is 1.21. The molecule has 0 unspecified atom stereocenters. The molecule has 0 heterocycles. The van der Waals surface area contributed by atoms with E-state index in [1.54, 1.807) is 0 Å². The highest BCUT2D eigenvalue weighted by molar-refractivity contribution is 6.23.